The molecular weight excluding hydrogens is 841 g/mol. The molecule has 0 amide bonds. The maximum absolute atomic E-state index is 12.7. The molecule has 0 saturated heterocycles. The summed E-state index contributed by atoms with van der Waals surface area (Å²) in [5.74, 6) is -1.10. The first kappa shape index (κ1) is 63.3. The fourth-order valence-electron chi connectivity index (χ4n) is 6.64. The second-order valence-corrected chi connectivity index (χ2v) is 17.0. The standard InChI is InChI=1S/C62H96O6/c1-4-7-10-13-16-19-22-24-26-27-28-29-30-31-32-33-34-35-37-38-40-43-46-49-52-55-61(64)67-58-59(57-66-60(63)54-51-48-45-42-21-18-15-12-9-6-3)68-62(65)56-53-50-47-44-41-39-36-25-23-20-17-14-11-8-5-2/h7-8,10-12,15-17,19-20,24-26,28-29,31-32,34-36,41,44,50,53,59H,4-6,9,13-14,18,21-23,27,30,33,37-40,42-43,45-49,51-52,54-58H2,1-3H3/b10-7-,11-8-,15-12-,19-16-,20-17-,26-24-,29-28-,32-31-,35-34-,36-25-,44-41-,53-50-. The molecule has 0 aliphatic rings. The van der Waals surface area contributed by atoms with Gasteiger partial charge < -0.3 is 14.2 Å². The third-order valence-corrected chi connectivity index (χ3v) is 10.6. The monoisotopic (exact) mass is 937 g/mol. The molecule has 0 aromatic heterocycles. The van der Waals surface area contributed by atoms with Gasteiger partial charge in [0.1, 0.15) is 13.2 Å². The van der Waals surface area contributed by atoms with E-state index in [-0.39, 0.29) is 31.6 Å². The molecule has 0 aromatic carbocycles. The van der Waals surface area contributed by atoms with Gasteiger partial charge in [0.15, 0.2) is 6.10 Å². The first-order valence-electron chi connectivity index (χ1n) is 26.8. The van der Waals surface area contributed by atoms with Crippen molar-refractivity contribution < 1.29 is 28.6 Å². The molecule has 0 radical (unpaired) electrons. The number of hydrogen-bond acceptors (Lipinski definition) is 6. The number of carbonyl (C=O) groups excluding carboxylic acids is 3. The molecule has 6 nitrogen and oxygen atoms in total. The molecular formula is C62H96O6. The van der Waals surface area contributed by atoms with Crippen LogP contribution in [0.1, 0.15) is 207 Å². The lowest BCUT2D eigenvalue weighted by Crippen LogP contribution is -2.30. The van der Waals surface area contributed by atoms with E-state index in [1.165, 1.54) is 25.7 Å². The van der Waals surface area contributed by atoms with Crippen molar-refractivity contribution in [2.75, 3.05) is 13.2 Å². The molecule has 0 rings (SSSR count). The number of hydrogen-bond donors (Lipinski definition) is 0. The average molecular weight is 937 g/mol. The Morgan fingerprint density at radius 3 is 0.985 bits per heavy atom. The topological polar surface area (TPSA) is 78.9 Å². The predicted octanol–water partition coefficient (Wildman–Crippen LogP) is 18.0. The molecule has 1 atom stereocenters. The van der Waals surface area contributed by atoms with Gasteiger partial charge in [-0.15, -0.1) is 0 Å². The van der Waals surface area contributed by atoms with Gasteiger partial charge >= 0.3 is 17.9 Å². The lowest BCUT2D eigenvalue weighted by molar-refractivity contribution is -0.166. The Bertz CT molecular complexity index is 1540. The average Bonchev–Trinajstić information content (AvgIpc) is 3.34. The first-order chi connectivity index (χ1) is 33.5. The van der Waals surface area contributed by atoms with Crippen LogP contribution < -0.4 is 0 Å². The Morgan fingerprint density at radius 1 is 0.324 bits per heavy atom. The van der Waals surface area contributed by atoms with Crippen LogP contribution in [-0.2, 0) is 28.6 Å². The van der Waals surface area contributed by atoms with Gasteiger partial charge in [0.25, 0.3) is 0 Å². The Kier molecular flexibility index (Phi) is 51.1. The van der Waals surface area contributed by atoms with Gasteiger partial charge in [0.05, 0.1) is 6.42 Å². The van der Waals surface area contributed by atoms with Crippen LogP contribution in [0.15, 0.2) is 146 Å². The molecule has 0 saturated carbocycles. The minimum absolute atomic E-state index is 0.0850. The summed E-state index contributed by atoms with van der Waals surface area (Å²) in [5, 5.41) is 0. The van der Waals surface area contributed by atoms with E-state index >= 15 is 0 Å². The van der Waals surface area contributed by atoms with E-state index < -0.39 is 12.1 Å². The molecule has 0 spiro atoms. The highest BCUT2D eigenvalue weighted by Crippen LogP contribution is 2.12. The van der Waals surface area contributed by atoms with E-state index in [1.807, 2.05) is 6.08 Å². The second-order valence-electron chi connectivity index (χ2n) is 17.0. The van der Waals surface area contributed by atoms with Crippen molar-refractivity contribution in [3.05, 3.63) is 146 Å². The first-order valence-corrected chi connectivity index (χ1v) is 26.8. The maximum atomic E-state index is 12.7. The molecule has 380 valence electrons. The van der Waals surface area contributed by atoms with Crippen LogP contribution in [0.4, 0.5) is 0 Å². The summed E-state index contributed by atoms with van der Waals surface area (Å²) in [6, 6.07) is 0. The van der Waals surface area contributed by atoms with E-state index in [4.69, 9.17) is 14.2 Å². The molecule has 0 aliphatic carbocycles. The molecule has 6 heteroatoms. The van der Waals surface area contributed by atoms with E-state index in [1.54, 1.807) is 6.08 Å². The van der Waals surface area contributed by atoms with E-state index in [2.05, 4.69) is 154 Å². The van der Waals surface area contributed by atoms with Gasteiger partial charge in [-0.25, -0.2) is 0 Å². The summed E-state index contributed by atoms with van der Waals surface area (Å²) in [6.07, 6.45) is 78.7. The van der Waals surface area contributed by atoms with Gasteiger partial charge in [-0.1, -0.05) is 218 Å². The zero-order chi connectivity index (χ0) is 49.3. The minimum Gasteiger partial charge on any atom is -0.462 e. The Balaban J connectivity index is 4.44. The summed E-state index contributed by atoms with van der Waals surface area (Å²) >= 11 is 0. The fraction of sp³-hybridized carbons (Fsp3) is 0.565. The molecule has 0 aliphatic heterocycles. The van der Waals surface area contributed by atoms with E-state index in [0.717, 1.165) is 135 Å². The lowest BCUT2D eigenvalue weighted by atomic mass is 10.1. The molecule has 0 bridgehead atoms. The van der Waals surface area contributed by atoms with Crippen molar-refractivity contribution in [3.63, 3.8) is 0 Å². The van der Waals surface area contributed by atoms with Crippen LogP contribution in [0.2, 0.25) is 0 Å². The van der Waals surface area contributed by atoms with E-state index in [0.29, 0.717) is 19.3 Å². The molecule has 0 aromatic rings. The number of rotatable bonds is 46. The van der Waals surface area contributed by atoms with Crippen molar-refractivity contribution in [1.82, 2.24) is 0 Å². The van der Waals surface area contributed by atoms with Crippen molar-refractivity contribution in [1.29, 1.82) is 0 Å². The number of ether oxygens (including phenoxy) is 3. The summed E-state index contributed by atoms with van der Waals surface area (Å²) in [6.45, 7) is 6.22. The molecule has 0 heterocycles. The summed E-state index contributed by atoms with van der Waals surface area (Å²) in [4.78, 5) is 37.9. The van der Waals surface area contributed by atoms with E-state index in [9.17, 15) is 14.4 Å². The van der Waals surface area contributed by atoms with Crippen molar-refractivity contribution >= 4 is 17.9 Å². The molecule has 68 heavy (non-hydrogen) atoms. The maximum Gasteiger partial charge on any atom is 0.310 e. The lowest BCUT2D eigenvalue weighted by Gasteiger charge is -2.18. The minimum atomic E-state index is -0.847. The summed E-state index contributed by atoms with van der Waals surface area (Å²) < 4.78 is 16.6. The normalized spacial score (nSPS) is 13.3. The number of esters is 3. The second kappa shape index (κ2) is 54.9. The third-order valence-electron chi connectivity index (χ3n) is 10.6. The van der Waals surface area contributed by atoms with Crippen molar-refractivity contribution in [3.8, 4) is 0 Å². The summed E-state index contributed by atoms with van der Waals surface area (Å²) in [7, 11) is 0. The van der Waals surface area contributed by atoms with Gasteiger partial charge in [0.2, 0.25) is 0 Å². The van der Waals surface area contributed by atoms with Crippen molar-refractivity contribution in [2.45, 2.75) is 213 Å². The molecule has 0 fully saturated rings. The van der Waals surface area contributed by atoms with Crippen LogP contribution in [0, 0.1) is 0 Å². The summed E-state index contributed by atoms with van der Waals surface area (Å²) in [5.41, 5.74) is 0. The number of allylic oxidation sites excluding steroid dienone is 23. The Labute approximate surface area is 417 Å². The highest BCUT2D eigenvalue weighted by molar-refractivity contribution is 5.72. The van der Waals surface area contributed by atoms with Gasteiger partial charge in [-0.05, 0) is 116 Å². The van der Waals surface area contributed by atoms with Crippen LogP contribution >= 0.6 is 0 Å². The predicted molar refractivity (Wildman–Crippen MR) is 292 cm³/mol. The van der Waals surface area contributed by atoms with Gasteiger partial charge in [0, 0.05) is 12.8 Å². The van der Waals surface area contributed by atoms with Crippen LogP contribution in [0.25, 0.3) is 0 Å². The fourth-order valence-corrected chi connectivity index (χ4v) is 6.64. The Morgan fingerprint density at radius 2 is 0.618 bits per heavy atom. The molecule has 0 N–H and O–H groups in total. The zero-order valence-corrected chi connectivity index (χ0v) is 43.3. The van der Waals surface area contributed by atoms with Crippen LogP contribution in [0.5, 0.6) is 0 Å². The largest absolute Gasteiger partial charge is 0.462 e. The quantitative estimate of drug-likeness (QED) is 0.0262. The smallest absolute Gasteiger partial charge is 0.310 e. The van der Waals surface area contributed by atoms with Gasteiger partial charge in [-0.2, -0.15) is 0 Å². The molecule has 1 unspecified atom stereocenters. The van der Waals surface area contributed by atoms with Gasteiger partial charge in [-0.3, -0.25) is 14.4 Å². The SMILES string of the molecule is CC/C=C\C/C=C\C/C=C\C/C=C\C/C=C\C/C=C\CCCCCCCCC(=O)OCC(COC(=O)CCCCCCC/C=C\CCC)OC(=O)C/C=C\C/C=C\C/C=C\C/C=C\C/C=C\CC. The highest BCUT2D eigenvalue weighted by atomic mass is 16.6. The number of carbonyl (C=O) groups is 3. The highest BCUT2D eigenvalue weighted by Gasteiger charge is 2.19. The zero-order valence-electron chi connectivity index (χ0n) is 43.3. The van der Waals surface area contributed by atoms with Crippen LogP contribution in [0.3, 0.4) is 0 Å². The Hall–Kier alpha value is -4.71. The number of unbranched alkanes of at least 4 members (excludes halogenated alkanes) is 12. The van der Waals surface area contributed by atoms with Crippen molar-refractivity contribution in [2.24, 2.45) is 0 Å². The van der Waals surface area contributed by atoms with Crippen LogP contribution in [-0.4, -0.2) is 37.2 Å². The third kappa shape index (κ3) is 52.3.